The minimum Gasteiger partial charge on any atom is -0.385 e. The first-order chi connectivity index (χ1) is 7.13. The molecule has 1 unspecified atom stereocenters. The summed E-state index contributed by atoms with van der Waals surface area (Å²) in [6.07, 6.45) is 1.13. The smallest absolute Gasteiger partial charge is 0.0372 e. The lowest BCUT2D eigenvalue weighted by molar-refractivity contribution is 0.561. The molecule has 0 heterocycles. The van der Waals surface area contributed by atoms with Gasteiger partial charge in [0.25, 0.3) is 0 Å². The Kier molecular flexibility index (Phi) is 4.63. The summed E-state index contributed by atoms with van der Waals surface area (Å²) in [6.45, 7) is 8.21. The van der Waals surface area contributed by atoms with E-state index < -0.39 is 0 Å². The van der Waals surface area contributed by atoms with Gasteiger partial charge in [0.15, 0.2) is 0 Å². The van der Waals surface area contributed by atoms with E-state index in [4.69, 9.17) is 5.73 Å². The molecule has 1 atom stereocenters. The number of hydrogen-bond donors (Lipinski definition) is 2. The zero-order valence-electron chi connectivity index (χ0n) is 10.0. The average Bonchev–Trinajstić information content (AvgIpc) is 2.23. The van der Waals surface area contributed by atoms with E-state index in [1.807, 2.05) is 0 Å². The molecular formula is C13H22N2. The van der Waals surface area contributed by atoms with Gasteiger partial charge >= 0.3 is 0 Å². The van der Waals surface area contributed by atoms with E-state index in [9.17, 15) is 0 Å². The van der Waals surface area contributed by atoms with E-state index in [2.05, 4.69) is 44.3 Å². The van der Waals surface area contributed by atoms with Gasteiger partial charge in [-0.3, -0.25) is 0 Å². The fraction of sp³-hybridized carbons (Fsp3) is 0.538. The van der Waals surface area contributed by atoms with Crippen molar-refractivity contribution in [3.8, 4) is 0 Å². The third kappa shape index (κ3) is 3.92. The largest absolute Gasteiger partial charge is 0.385 e. The van der Waals surface area contributed by atoms with Crippen molar-refractivity contribution in [1.82, 2.24) is 0 Å². The number of benzene rings is 1. The molecule has 0 spiro atoms. The maximum atomic E-state index is 5.58. The highest BCUT2D eigenvalue weighted by Crippen LogP contribution is 2.16. The molecular weight excluding hydrogens is 184 g/mol. The summed E-state index contributed by atoms with van der Waals surface area (Å²) in [5.41, 5.74) is 9.43. The number of nitrogens with one attached hydrogen (secondary N) is 1. The third-order valence-corrected chi connectivity index (χ3v) is 2.75. The van der Waals surface area contributed by atoms with Gasteiger partial charge in [-0.1, -0.05) is 19.1 Å². The molecule has 0 saturated heterocycles. The van der Waals surface area contributed by atoms with E-state index >= 15 is 0 Å². The molecule has 0 aromatic heterocycles. The second kappa shape index (κ2) is 5.76. The lowest BCUT2D eigenvalue weighted by Gasteiger charge is -2.12. The summed E-state index contributed by atoms with van der Waals surface area (Å²) in [5, 5.41) is 3.46. The first-order valence-corrected chi connectivity index (χ1v) is 5.64. The summed E-state index contributed by atoms with van der Waals surface area (Å²) >= 11 is 0. The lowest BCUT2D eigenvalue weighted by Crippen LogP contribution is -2.15. The van der Waals surface area contributed by atoms with Crippen molar-refractivity contribution >= 4 is 5.69 Å². The summed E-state index contributed by atoms with van der Waals surface area (Å²) < 4.78 is 0. The molecule has 1 aromatic carbocycles. The van der Waals surface area contributed by atoms with Crippen molar-refractivity contribution in [2.45, 2.75) is 27.2 Å². The van der Waals surface area contributed by atoms with Crippen LogP contribution < -0.4 is 11.1 Å². The molecule has 15 heavy (non-hydrogen) atoms. The molecule has 1 aromatic rings. The fourth-order valence-electron chi connectivity index (χ4n) is 1.50. The standard InChI is InChI=1S/C13H22N2/c1-10-4-5-12(3)13(8-10)15-7-6-11(2)9-14/h4-5,8,11,15H,6-7,9,14H2,1-3H3. The van der Waals surface area contributed by atoms with Gasteiger partial charge < -0.3 is 11.1 Å². The van der Waals surface area contributed by atoms with Crippen LogP contribution in [-0.2, 0) is 0 Å². The van der Waals surface area contributed by atoms with Crippen LogP contribution in [0.5, 0.6) is 0 Å². The normalized spacial score (nSPS) is 12.5. The highest BCUT2D eigenvalue weighted by Gasteiger charge is 2.00. The highest BCUT2D eigenvalue weighted by atomic mass is 14.9. The SMILES string of the molecule is Cc1ccc(C)c(NCCC(C)CN)c1. The topological polar surface area (TPSA) is 38.0 Å². The minimum atomic E-state index is 0.600. The van der Waals surface area contributed by atoms with Crippen LogP contribution >= 0.6 is 0 Å². The van der Waals surface area contributed by atoms with E-state index in [-0.39, 0.29) is 0 Å². The van der Waals surface area contributed by atoms with E-state index in [0.717, 1.165) is 19.5 Å². The Morgan fingerprint density at radius 3 is 2.73 bits per heavy atom. The molecule has 0 aliphatic rings. The van der Waals surface area contributed by atoms with Gasteiger partial charge in [-0.25, -0.2) is 0 Å². The number of anilines is 1. The van der Waals surface area contributed by atoms with Crippen LogP contribution in [0.1, 0.15) is 24.5 Å². The molecule has 0 aliphatic carbocycles. The van der Waals surface area contributed by atoms with Crippen LogP contribution in [0.3, 0.4) is 0 Å². The molecule has 1 rings (SSSR count). The maximum Gasteiger partial charge on any atom is 0.0372 e. The monoisotopic (exact) mass is 206 g/mol. The van der Waals surface area contributed by atoms with Crippen molar-refractivity contribution in [2.75, 3.05) is 18.4 Å². The van der Waals surface area contributed by atoms with Gasteiger partial charge in [-0.2, -0.15) is 0 Å². The summed E-state index contributed by atoms with van der Waals surface area (Å²) in [7, 11) is 0. The quantitative estimate of drug-likeness (QED) is 0.777. The number of aryl methyl sites for hydroxylation is 2. The highest BCUT2D eigenvalue weighted by molar-refractivity contribution is 5.52. The molecule has 0 amide bonds. The minimum absolute atomic E-state index is 0.600. The summed E-state index contributed by atoms with van der Waals surface area (Å²) in [4.78, 5) is 0. The van der Waals surface area contributed by atoms with E-state index in [1.54, 1.807) is 0 Å². The number of rotatable bonds is 5. The van der Waals surface area contributed by atoms with Gasteiger partial charge in [0, 0.05) is 12.2 Å². The van der Waals surface area contributed by atoms with Gasteiger partial charge in [-0.05, 0) is 49.9 Å². The van der Waals surface area contributed by atoms with E-state index in [1.165, 1.54) is 16.8 Å². The first-order valence-electron chi connectivity index (χ1n) is 5.64. The molecule has 0 bridgehead atoms. The molecule has 0 saturated carbocycles. The van der Waals surface area contributed by atoms with Gasteiger partial charge in [-0.15, -0.1) is 0 Å². The predicted octanol–water partition coefficient (Wildman–Crippen LogP) is 2.70. The van der Waals surface area contributed by atoms with Crippen molar-refractivity contribution in [2.24, 2.45) is 11.7 Å². The zero-order valence-corrected chi connectivity index (χ0v) is 10.0. The van der Waals surface area contributed by atoms with Crippen molar-refractivity contribution in [3.05, 3.63) is 29.3 Å². The van der Waals surface area contributed by atoms with Crippen LogP contribution in [0.2, 0.25) is 0 Å². The average molecular weight is 206 g/mol. The second-order valence-electron chi connectivity index (χ2n) is 4.37. The fourth-order valence-corrected chi connectivity index (χ4v) is 1.50. The van der Waals surface area contributed by atoms with Crippen LogP contribution in [0.4, 0.5) is 5.69 Å². The molecule has 0 fully saturated rings. The van der Waals surface area contributed by atoms with Crippen LogP contribution in [0, 0.1) is 19.8 Å². The molecule has 84 valence electrons. The Hall–Kier alpha value is -1.02. The second-order valence-corrected chi connectivity index (χ2v) is 4.37. The van der Waals surface area contributed by atoms with Gasteiger partial charge in [0.1, 0.15) is 0 Å². The van der Waals surface area contributed by atoms with Crippen LogP contribution in [-0.4, -0.2) is 13.1 Å². The molecule has 3 N–H and O–H groups in total. The van der Waals surface area contributed by atoms with Crippen molar-refractivity contribution in [1.29, 1.82) is 0 Å². The lowest BCUT2D eigenvalue weighted by atomic mass is 10.1. The number of nitrogens with two attached hydrogens (primary N) is 1. The Labute approximate surface area is 92.9 Å². The van der Waals surface area contributed by atoms with Crippen molar-refractivity contribution < 1.29 is 0 Å². The Morgan fingerprint density at radius 1 is 1.33 bits per heavy atom. The summed E-state index contributed by atoms with van der Waals surface area (Å²) in [5.74, 6) is 0.600. The van der Waals surface area contributed by atoms with Crippen molar-refractivity contribution in [3.63, 3.8) is 0 Å². The molecule has 2 heteroatoms. The van der Waals surface area contributed by atoms with Gasteiger partial charge in [0.2, 0.25) is 0 Å². The zero-order chi connectivity index (χ0) is 11.3. The molecule has 2 nitrogen and oxygen atoms in total. The Bertz CT molecular complexity index is 307. The van der Waals surface area contributed by atoms with Crippen LogP contribution in [0.15, 0.2) is 18.2 Å². The Morgan fingerprint density at radius 2 is 2.07 bits per heavy atom. The Balaban J connectivity index is 2.46. The summed E-state index contributed by atoms with van der Waals surface area (Å²) in [6, 6.07) is 6.50. The molecule has 0 aliphatic heterocycles. The third-order valence-electron chi connectivity index (χ3n) is 2.75. The number of hydrogen-bond acceptors (Lipinski definition) is 2. The van der Waals surface area contributed by atoms with Crippen LogP contribution in [0.25, 0.3) is 0 Å². The first kappa shape index (κ1) is 12.1. The van der Waals surface area contributed by atoms with E-state index in [0.29, 0.717) is 5.92 Å². The maximum absolute atomic E-state index is 5.58. The molecule has 0 radical (unpaired) electrons. The predicted molar refractivity (Wildman–Crippen MR) is 67.2 cm³/mol. The van der Waals surface area contributed by atoms with Gasteiger partial charge in [0.05, 0.1) is 0 Å².